The van der Waals surface area contributed by atoms with Crippen molar-refractivity contribution in [3.8, 4) is 33.0 Å². The standard InChI is InChI=1S/C28H27FN6O3S2/c1-34(10-11-35-12-14-38-15-13-35)40(36,37)26-9-8-25(39-26)28-22-16-20(4-7-24(22)30-18-31-28)23-17-32-33-27(23)19-2-5-21(29)6-3-19/h2-9,16-18H,10-15H2,1H3,(H,32,33). The van der Waals surface area contributed by atoms with E-state index in [0.717, 1.165) is 51.3 Å². The first kappa shape index (κ1) is 26.7. The minimum absolute atomic E-state index is 0.267. The van der Waals surface area contributed by atoms with Crippen LogP contribution in [0.3, 0.4) is 0 Å². The first-order chi connectivity index (χ1) is 19.4. The van der Waals surface area contributed by atoms with Crippen LogP contribution in [0.1, 0.15) is 0 Å². The van der Waals surface area contributed by atoms with Gasteiger partial charge < -0.3 is 4.74 Å². The number of halogens is 1. The van der Waals surface area contributed by atoms with E-state index in [-0.39, 0.29) is 10.0 Å². The first-order valence-electron chi connectivity index (χ1n) is 12.8. The van der Waals surface area contributed by atoms with Gasteiger partial charge in [-0.15, -0.1) is 11.3 Å². The monoisotopic (exact) mass is 578 g/mol. The van der Waals surface area contributed by atoms with Crippen LogP contribution in [-0.2, 0) is 14.8 Å². The molecule has 0 aliphatic carbocycles. The van der Waals surface area contributed by atoms with Crippen LogP contribution in [0.2, 0.25) is 0 Å². The second-order valence-corrected chi connectivity index (χ2v) is 12.9. The third-order valence-corrected chi connectivity index (χ3v) is 10.4. The van der Waals surface area contributed by atoms with Crippen LogP contribution in [0.5, 0.6) is 0 Å². The highest BCUT2D eigenvalue weighted by Crippen LogP contribution is 2.37. The van der Waals surface area contributed by atoms with E-state index in [9.17, 15) is 12.8 Å². The molecule has 1 aliphatic rings. The van der Waals surface area contributed by atoms with Crippen LogP contribution < -0.4 is 0 Å². The lowest BCUT2D eigenvalue weighted by atomic mass is 9.99. The zero-order valence-electron chi connectivity index (χ0n) is 21.7. The van der Waals surface area contributed by atoms with Crippen molar-refractivity contribution in [2.45, 2.75) is 4.21 Å². The molecule has 0 radical (unpaired) electrons. The lowest BCUT2D eigenvalue weighted by Crippen LogP contribution is -2.41. The highest BCUT2D eigenvalue weighted by atomic mass is 32.2. The summed E-state index contributed by atoms with van der Waals surface area (Å²) in [4.78, 5) is 11.9. The molecule has 3 aromatic heterocycles. The predicted octanol–water partition coefficient (Wildman–Crippen LogP) is 4.51. The van der Waals surface area contributed by atoms with Gasteiger partial charge in [0.1, 0.15) is 16.4 Å². The van der Waals surface area contributed by atoms with Crippen molar-refractivity contribution < 1.29 is 17.5 Å². The summed E-state index contributed by atoms with van der Waals surface area (Å²) >= 11 is 1.19. The fourth-order valence-electron chi connectivity index (χ4n) is 4.73. The Bertz CT molecular complexity index is 1750. The quantitative estimate of drug-likeness (QED) is 0.289. The summed E-state index contributed by atoms with van der Waals surface area (Å²) in [6.45, 7) is 4.02. The third-order valence-electron chi connectivity index (χ3n) is 7.03. The molecule has 9 nitrogen and oxygen atoms in total. The van der Waals surface area contributed by atoms with Gasteiger partial charge in [-0.1, -0.05) is 6.07 Å². The van der Waals surface area contributed by atoms with Crippen LogP contribution in [0.15, 0.2) is 71.3 Å². The zero-order valence-corrected chi connectivity index (χ0v) is 23.4. The van der Waals surface area contributed by atoms with E-state index >= 15 is 0 Å². The minimum atomic E-state index is -3.65. The van der Waals surface area contributed by atoms with Crippen LogP contribution in [0.25, 0.3) is 43.9 Å². The minimum Gasteiger partial charge on any atom is -0.379 e. The van der Waals surface area contributed by atoms with Gasteiger partial charge in [0.05, 0.1) is 41.2 Å². The summed E-state index contributed by atoms with van der Waals surface area (Å²) in [5, 5.41) is 8.02. The van der Waals surface area contributed by atoms with Gasteiger partial charge in [-0.2, -0.15) is 9.40 Å². The SMILES string of the molecule is CN(CCN1CCOCC1)S(=O)(=O)c1ccc(-c2ncnc3ccc(-c4cn[nH]c4-c4ccc(F)cc4)cc23)s1. The number of sulfonamides is 1. The Morgan fingerprint density at radius 2 is 1.82 bits per heavy atom. The molecule has 0 saturated carbocycles. The number of benzene rings is 2. The zero-order chi connectivity index (χ0) is 27.7. The summed E-state index contributed by atoms with van der Waals surface area (Å²) in [6.07, 6.45) is 3.22. The van der Waals surface area contributed by atoms with Crippen molar-refractivity contribution in [1.29, 1.82) is 0 Å². The number of H-pyrrole nitrogens is 1. The Labute approximate surface area is 235 Å². The lowest BCUT2D eigenvalue weighted by molar-refractivity contribution is 0.0368. The molecule has 12 heteroatoms. The summed E-state index contributed by atoms with van der Waals surface area (Å²) in [7, 11) is -2.04. The molecule has 0 atom stereocenters. The maximum Gasteiger partial charge on any atom is 0.252 e. The molecule has 0 amide bonds. The van der Waals surface area contributed by atoms with E-state index in [1.807, 2.05) is 18.2 Å². The summed E-state index contributed by atoms with van der Waals surface area (Å²) in [6, 6.07) is 15.5. The number of thiophene rings is 1. The van der Waals surface area contributed by atoms with Gasteiger partial charge in [-0.25, -0.2) is 22.8 Å². The topological polar surface area (TPSA) is 104 Å². The number of morpholine rings is 1. The highest BCUT2D eigenvalue weighted by Gasteiger charge is 2.25. The average molecular weight is 579 g/mol. The van der Waals surface area contributed by atoms with Gasteiger partial charge in [0, 0.05) is 49.7 Å². The van der Waals surface area contributed by atoms with Crippen LogP contribution in [0, 0.1) is 5.82 Å². The van der Waals surface area contributed by atoms with Crippen molar-refractivity contribution in [1.82, 2.24) is 29.4 Å². The number of aromatic amines is 1. The summed E-state index contributed by atoms with van der Waals surface area (Å²) < 4.78 is 47.2. The molecule has 1 N–H and O–H groups in total. The number of hydrogen-bond donors (Lipinski definition) is 1. The van der Waals surface area contributed by atoms with Crippen molar-refractivity contribution in [3.63, 3.8) is 0 Å². The Morgan fingerprint density at radius 3 is 2.62 bits per heavy atom. The van der Waals surface area contributed by atoms with E-state index in [2.05, 4.69) is 25.1 Å². The largest absolute Gasteiger partial charge is 0.379 e. The Hall–Kier alpha value is -3.55. The van der Waals surface area contributed by atoms with E-state index in [4.69, 9.17) is 4.74 Å². The molecule has 0 spiro atoms. The molecule has 5 aromatic rings. The maximum atomic E-state index is 13.5. The number of fused-ring (bicyclic) bond motifs is 1. The number of ether oxygens (including phenoxy) is 1. The van der Waals surface area contributed by atoms with Crippen molar-refractivity contribution in [3.05, 3.63) is 72.9 Å². The van der Waals surface area contributed by atoms with Gasteiger partial charge in [0.2, 0.25) is 0 Å². The Morgan fingerprint density at radius 1 is 1.05 bits per heavy atom. The molecule has 0 unspecified atom stereocenters. The molecule has 40 heavy (non-hydrogen) atoms. The average Bonchev–Trinajstić information content (AvgIpc) is 3.67. The molecule has 1 fully saturated rings. The van der Waals surface area contributed by atoms with E-state index in [1.165, 1.54) is 34.1 Å². The van der Waals surface area contributed by atoms with Gasteiger partial charge in [0.15, 0.2) is 0 Å². The molecular formula is C28H27FN6O3S2. The third kappa shape index (κ3) is 5.28. The van der Waals surface area contributed by atoms with Crippen LogP contribution in [0.4, 0.5) is 4.39 Å². The van der Waals surface area contributed by atoms with Gasteiger partial charge in [-0.05, 0) is 54.1 Å². The number of rotatable bonds is 8. The molecule has 2 aromatic carbocycles. The molecule has 4 heterocycles. The molecule has 1 saturated heterocycles. The first-order valence-corrected chi connectivity index (χ1v) is 15.1. The maximum absolute atomic E-state index is 13.5. The Kier molecular flexibility index (Phi) is 7.43. The lowest BCUT2D eigenvalue weighted by Gasteiger charge is -2.28. The number of hydrogen-bond acceptors (Lipinski definition) is 8. The van der Waals surface area contributed by atoms with Crippen LogP contribution in [-0.4, -0.2) is 84.2 Å². The van der Waals surface area contributed by atoms with E-state index in [1.54, 1.807) is 37.5 Å². The van der Waals surface area contributed by atoms with Crippen molar-refractivity contribution >= 4 is 32.3 Å². The van der Waals surface area contributed by atoms with Gasteiger partial charge in [-0.3, -0.25) is 10.00 Å². The molecule has 1 aliphatic heterocycles. The molecule has 0 bridgehead atoms. The number of likely N-dealkylation sites (N-methyl/N-ethyl adjacent to an activating group) is 1. The molecular weight excluding hydrogens is 551 g/mol. The van der Waals surface area contributed by atoms with E-state index < -0.39 is 10.0 Å². The summed E-state index contributed by atoms with van der Waals surface area (Å²) in [5.74, 6) is -0.307. The van der Waals surface area contributed by atoms with Crippen molar-refractivity contribution in [2.24, 2.45) is 0 Å². The Balaban J connectivity index is 1.30. The molecule has 6 rings (SSSR count). The van der Waals surface area contributed by atoms with Crippen LogP contribution >= 0.6 is 11.3 Å². The second-order valence-electron chi connectivity index (χ2n) is 9.52. The fraction of sp³-hybridized carbons (Fsp3) is 0.250. The molecule has 206 valence electrons. The van der Waals surface area contributed by atoms with E-state index in [0.29, 0.717) is 32.0 Å². The predicted molar refractivity (Wildman–Crippen MR) is 153 cm³/mol. The van der Waals surface area contributed by atoms with Gasteiger partial charge >= 0.3 is 0 Å². The smallest absolute Gasteiger partial charge is 0.252 e. The number of nitrogens with zero attached hydrogens (tertiary/aromatic N) is 5. The number of aromatic nitrogens is 4. The number of nitrogens with one attached hydrogen (secondary N) is 1. The van der Waals surface area contributed by atoms with Crippen molar-refractivity contribution in [2.75, 3.05) is 46.4 Å². The summed E-state index contributed by atoms with van der Waals surface area (Å²) in [5.41, 5.74) is 4.69. The highest BCUT2D eigenvalue weighted by molar-refractivity contribution is 7.91. The fourth-order valence-corrected chi connectivity index (χ4v) is 7.42. The normalized spacial score (nSPS) is 14.8. The second kappa shape index (κ2) is 11.1. The van der Waals surface area contributed by atoms with Gasteiger partial charge in [0.25, 0.3) is 10.0 Å².